The average molecular weight is 387 g/mol. The molecule has 1 amide bonds. The fourth-order valence-electron chi connectivity index (χ4n) is 4.06. The van der Waals surface area contributed by atoms with E-state index in [9.17, 15) is 14.9 Å². The number of anilines is 1. The molecule has 29 heavy (non-hydrogen) atoms. The Morgan fingerprint density at radius 3 is 2.76 bits per heavy atom. The number of amides is 1. The molecule has 0 bridgehead atoms. The van der Waals surface area contributed by atoms with E-state index in [1.165, 1.54) is 7.11 Å². The van der Waals surface area contributed by atoms with Crippen molar-refractivity contribution < 1.29 is 18.7 Å². The Balaban J connectivity index is 2.00. The van der Waals surface area contributed by atoms with Gasteiger partial charge in [-0.15, -0.1) is 0 Å². The summed E-state index contributed by atoms with van der Waals surface area (Å²) in [4.78, 5) is 26.4. The number of nitriles is 1. The summed E-state index contributed by atoms with van der Waals surface area (Å²) in [6.45, 7) is 0. The quantitative estimate of drug-likeness (QED) is 0.612. The van der Waals surface area contributed by atoms with Gasteiger partial charge in [-0.25, -0.2) is 4.79 Å². The predicted molar refractivity (Wildman–Crippen MR) is 102 cm³/mol. The lowest BCUT2D eigenvalue weighted by atomic mass is 9.69. The smallest absolute Gasteiger partial charge is 0.345 e. The van der Waals surface area contributed by atoms with Crippen molar-refractivity contribution in [3.8, 4) is 17.6 Å². The summed E-state index contributed by atoms with van der Waals surface area (Å²) in [5.74, 6) is -0.290. The predicted octanol–water partition coefficient (Wildman–Crippen LogP) is 2.13. The third kappa shape index (κ3) is 1.96. The van der Waals surface area contributed by atoms with Crippen LogP contribution in [0.4, 0.5) is 5.69 Å². The molecule has 1 spiro atoms. The van der Waals surface area contributed by atoms with Gasteiger partial charge in [-0.05, 0) is 30.3 Å². The molecule has 0 saturated heterocycles. The summed E-state index contributed by atoms with van der Waals surface area (Å²) in [7, 11) is 1.48. The van der Waals surface area contributed by atoms with E-state index >= 15 is 0 Å². The summed E-state index contributed by atoms with van der Waals surface area (Å²) < 4.78 is 16.5. The first kappa shape index (κ1) is 16.9. The second-order valence-electron chi connectivity index (χ2n) is 6.66. The molecule has 142 valence electrons. The number of nitrogens with two attached hydrogens (primary N) is 1. The Bertz CT molecular complexity index is 1360. The number of carbonyl (C=O) groups is 1. The molecular weight excluding hydrogens is 374 g/mol. The lowest BCUT2D eigenvalue weighted by molar-refractivity contribution is -0.118. The summed E-state index contributed by atoms with van der Waals surface area (Å²) in [5, 5.41) is 13.1. The van der Waals surface area contributed by atoms with E-state index < -0.39 is 16.9 Å². The van der Waals surface area contributed by atoms with Crippen molar-refractivity contribution in [2.24, 2.45) is 5.73 Å². The Labute approximate surface area is 163 Å². The summed E-state index contributed by atoms with van der Waals surface area (Å²) in [6, 6.07) is 13.6. The van der Waals surface area contributed by atoms with E-state index in [-0.39, 0.29) is 28.4 Å². The highest BCUT2D eigenvalue weighted by molar-refractivity contribution is 6.13. The number of hydrogen-bond donors (Lipinski definition) is 2. The maximum Gasteiger partial charge on any atom is 0.345 e. The van der Waals surface area contributed by atoms with Crippen LogP contribution in [0.15, 0.2) is 63.1 Å². The molecular formula is C21H13N3O5. The molecule has 0 fully saturated rings. The second-order valence-corrected chi connectivity index (χ2v) is 6.66. The van der Waals surface area contributed by atoms with Gasteiger partial charge in [-0.3, -0.25) is 4.79 Å². The van der Waals surface area contributed by atoms with Gasteiger partial charge in [0.15, 0.2) is 11.2 Å². The first-order valence-electron chi connectivity index (χ1n) is 8.66. The molecule has 8 heteroatoms. The molecule has 0 unspecified atom stereocenters. The first-order valence-corrected chi connectivity index (χ1v) is 8.66. The molecule has 8 nitrogen and oxygen atoms in total. The van der Waals surface area contributed by atoms with Gasteiger partial charge in [0, 0.05) is 11.3 Å². The number of ether oxygens (including phenoxy) is 2. The molecule has 5 rings (SSSR count). The number of carbonyl (C=O) groups excluding carboxylic acids is 1. The van der Waals surface area contributed by atoms with Crippen molar-refractivity contribution in [2.75, 3.05) is 12.4 Å². The summed E-state index contributed by atoms with van der Waals surface area (Å²) >= 11 is 0. The molecule has 0 aliphatic carbocycles. The van der Waals surface area contributed by atoms with Gasteiger partial charge in [0.2, 0.25) is 11.8 Å². The van der Waals surface area contributed by atoms with Gasteiger partial charge >= 0.3 is 5.63 Å². The highest BCUT2D eigenvalue weighted by Crippen LogP contribution is 2.53. The number of hydrogen-bond acceptors (Lipinski definition) is 7. The van der Waals surface area contributed by atoms with E-state index in [2.05, 4.69) is 5.32 Å². The number of rotatable bonds is 1. The fourth-order valence-corrected chi connectivity index (χ4v) is 4.06. The molecule has 2 aromatic carbocycles. The highest BCUT2D eigenvalue weighted by Gasteiger charge is 2.59. The zero-order valence-electron chi connectivity index (χ0n) is 15.1. The van der Waals surface area contributed by atoms with E-state index in [0.29, 0.717) is 22.4 Å². The van der Waals surface area contributed by atoms with Crippen molar-refractivity contribution in [2.45, 2.75) is 5.41 Å². The van der Waals surface area contributed by atoms with Crippen molar-refractivity contribution in [1.82, 2.24) is 0 Å². The molecule has 1 aromatic heterocycles. The van der Waals surface area contributed by atoms with Crippen LogP contribution in [0.3, 0.4) is 0 Å². The second kappa shape index (κ2) is 5.62. The Morgan fingerprint density at radius 1 is 1.21 bits per heavy atom. The van der Waals surface area contributed by atoms with Gasteiger partial charge in [-0.1, -0.05) is 12.1 Å². The van der Waals surface area contributed by atoms with Gasteiger partial charge in [-0.2, -0.15) is 5.26 Å². The Morgan fingerprint density at radius 2 is 2.00 bits per heavy atom. The van der Waals surface area contributed by atoms with Gasteiger partial charge in [0.25, 0.3) is 0 Å². The maximum atomic E-state index is 13.3. The Hall–Kier alpha value is -4.25. The standard InChI is InChI=1S/C21H13N3O5/c1-27-10-6-7-14-12(8-10)21(20(26)24-14)13(9-22)18(23)29-17-11-4-2-3-5-15(11)28-19(25)16(17)21/h2-8H,23H2,1H3,(H,24,26)/t21-/m1/s1. The van der Waals surface area contributed by atoms with Crippen LogP contribution in [0.25, 0.3) is 11.0 Å². The third-order valence-corrected chi connectivity index (χ3v) is 5.31. The number of benzene rings is 2. The van der Waals surface area contributed by atoms with Gasteiger partial charge in [0.05, 0.1) is 12.5 Å². The number of fused-ring (bicyclic) bond motifs is 6. The molecule has 3 N–H and O–H groups in total. The average Bonchev–Trinajstić information content (AvgIpc) is 2.99. The summed E-state index contributed by atoms with van der Waals surface area (Å²) in [6.07, 6.45) is 0. The van der Waals surface area contributed by atoms with E-state index in [0.717, 1.165) is 0 Å². The van der Waals surface area contributed by atoms with Crippen LogP contribution in [0.1, 0.15) is 11.1 Å². The minimum absolute atomic E-state index is 0.0912. The molecule has 1 atom stereocenters. The van der Waals surface area contributed by atoms with Crippen LogP contribution in [-0.4, -0.2) is 13.0 Å². The zero-order valence-corrected chi connectivity index (χ0v) is 15.1. The van der Waals surface area contributed by atoms with Gasteiger partial charge < -0.3 is 24.9 Å². The van der Waals surface area contributed by atoms with E-state index in [1.807, 2.05) is 6.07 Å². The van der Waals surface area contributed by atoms with Crippen molar-refractivity contribution in [3.05, 3.63) is 75.5 Å². The monoisotopic (exact) mass is 387 g/mol. The third-order valence-electron chi connectivity index (χ3n) is 5.31. The number of nitrogens with one attached hydrogen (secondary N) is 1. The lowest BCUT2D eigenvalue weighted by Crippen LogP contribution is -2.45. The highest BCUT2D eigenvalue weighted by atomic mass is 16.5. The van der Waals surface area contributed by atoms with Crippen LogP contribution >= 0.6 is 0 Å². The fraction of sp³-hybridized carbons (Fsp3) is 0.0952. The molecule has 0 saturated carbocycles. The summed E-state index contributed by atoms with van der Waals surface area (Å²) in [5.41, 5.74) is 4.31. The van der Waals surface area contributed by atoms with Gasteiger partial charge in [0.1, 0.15) is 28.5 Å². The van der Waals surface area contributed by atoms with Crippen molar-refractivity contribution >= 4 is 22.6 Å². The van der Waals surface area contributed by atoms with Crippen LogP contribution < -0.4 is 26.1 Å². The Kier molecular flexibility index (Phi) is 3.28. The molecule has 3 heterocycles. The van der Waals surface area contributed by atoms with Crippen molar-refractivity contribution in [1.29, 1.82) is 5.26 Å². The maximum absolute atomic E-state index is 13.3. The van der Waals surface area contributed by atoms with Crippen LogP contribution in [0, 0.1) is 11.3 Å². The number of para-hydroxylation sites is 1. The normalized spacial score (nSPS) is 19.4. The topological polar surface area (TPSA) is 128 Å². The van der Waals surface area contributed by atoms with Crippen LogP contribution in [-0.2, 0) is 10.2 Å². The SMILES string of the molecule is COc1ccc2c(c1)[C@@]1(C(=O)N2)C(C#N)=C(N)Oc2c1c(=O)oc1ccccc21. The van der Waals surface area contributed by atoms with Crippen LogP contribution in [0.5, 0.6) is 11.5 Å². The zero-order chi connectivity index (χ0) is 20.3. The minimum Gasteiger partial charge on any atom is -0.497 e. The lowest BCUT2D eigenvalue weighted by Gasteiger charge is -2.32. The minimum atomic E-state index is -1.80. The largest absolute Gasteiger partial charge is 0.497 e. The number of methoxy groups -OCH3 is 1. The molecule has 0 radical (unpaired) electrons. The van der Waals surface area contributed by atoms with E-state index in [1.54, 1.807) is 42.5 Å². The molecule has 3 aromatic rings. The number of nitrogens with zero attached hydrogens (tertiary/aromatic N) is 1. The van der Waals surface area contributed by atoms with Crippen LogP contribution in [0.2, 0.25) is 0 Å². The first-order chi connectivity index (χ1) is 14.0. The molecule has 2 aliphatic heterocycles. The van der Waals surface area contributed by atoms with Crippen molar-refractivity contribution in [3.63, 3.8) is 0 Å². The van der Waals surface area contributed by atoms with E-state index in [4.69, 9.17) is 19.6 Å². The molecule has 2 aliphatic rings.